The van der Waals surface area contributed by atoms with Crippen molar-refractivity contribution in [2.24, 2.45) is 0 Å². The van der Waals surface area contributed by atoms with Crippen LogP contribution >= 0.6 is 0 Å². The van der Waals surface area contributed by atoms with E-state index in [-0.39, 0.29) is 12.2 Å². The van der Waals surface area contributed by atoms with Gasteiger partial charge in [0.05, 0.1) is 0 Å². The second kappa shape index (κ2) is 3.77. The van der Waals surface area contributed by atoms with E-state index in [1.807, 2.05) is 24.3 Å². The molecule has 0 N–H and O–H groups in total. The molecule has 0 amide bonds. The van der Waals surface area contributed by atoms with Gasteiger partial charge in [0.25, 0.3) is 0 Å². The molecule has 0 radical (unpaired) electrons. The van der Waals surface area contributed by atoms with Crippen LogP contribution in [-0.2, 0) is 0 Å². The van der Waals surface area contributed by atoms with Gasteiger partial charge in [-0.1, -0.05) is 24.3 Å². The van der Waals surface area contributed by atoms with Crippen molar-refractivity contribution in [2.75, 3.05) is 0 Å². The molecule has 2 nitrogen and oxygen atoms in total. The zero-order chi connectivity index (χ0) is 11.9. The fourth-order valence-electron chi connectivity index (χ4n) is 2.74. The molecular formula is C16H14O2. The largest absolute Gasteiger partial charge is 0.486 e. The third-order valence-corrected chi connectivity index (χ3v) is 3.75. The van der Waals surface area contributed by atoms with Crippen LogP contribution < -0.4 is 9.47 Å². The lowest BCUT2D eigenvalue weighted by atomic mass is 9.96. The van der Waals surface area contributed by atoms with Crippen LogP contribution in [0.1, 0.15) is 36.2 Å². The molecule has 18 heavy (non-hydrogen) atoms. The summed E-state index contributed by atoms with van der Waals surface area (Å²) in [6, 6.07) is 16.7. The molecule has 90 valence electrons. The van der Waals surface area contributed by atoms with Gasteiger partial charge in [-0.3, -0.25) is 0 Å². The predicted octanol–water partition coefficient (Wildman–Crippen LogP) is 4.03. The molecular weight excluding hydrogens is 224 g/mol. The Morgan fingerprint density at radius 2 is 1.00 bits per heavy atom. The molecule has 0 aliphatic carbocycles. The first-order valence-corrected chi connectivity index (χ1v) is 6.42. The number of fused-ring (bicyclic) bond motifs is 6. The molecule has 2 aromatic carbocycles. The number of hydrogen-bond acceptors (Lipinski definition) is 2. The number of benzene rings is 2. The Bertz CT molecular complexity index is 503. The number of rotatable bonds is 3. The Morgan fingerprint density at radius 3 is 1.28 bits per heavy atom. The molecule has 2 aromatic rings. The van der Waals surface area contributed by atoms with E-state index in [9.17, 15) is 0 Å². The van der Waals surface area contributed by atoms with Gasteiger partial charge in [-0.2, -0.15) is 0 Å². The Kier molecular flexibility index (Phi) is 2.10. The van der Waals surface area contributed by atoms with Gasteiger partial charge in [0.2, 0.25) is 0 Å². The van der Waals surface area contributed by atoms with Gasteiger partial charge in [-0.15, -0.1) is 0 Å². The van der Waals surface area contributed by atoms with Gasteiger partial charge < -0.3 is 9.47 Å². The Balaban J connectivity index is 1.44. The average molecular weight is 238 g/mol. The zero-order valence-electron chi connectivity index (χ0n) is 10.0. The average Bonchev–Trinajstić information content (AvgIpc) is 2.48. The molecule has 0 aromatic heterocycles. The SMILES string of the molecule is c1cc2ccc1OC2CCC1Oc2ccc1cc2. The summed E-state index contributed by atoms with van der Waals surface area (Å²) in [5.41, 5.74) is 2.55. The van der Waals surface area contributed by atoms with E-state index in [4.69, 9.17) is 9.47 Å². The van der Waals surface area contributed by atoms with Gasteiger partial charge in [-0.25, -0.2) is 0 Å². The van der Waals surface area contributed by atoms with E-state index >= 15 is 0 Å². The Hall–Kier alpha value is -1.96. The molecule has 0 fully saturated rings. The minimum atomic E-state index is 0.206. The van der Waals surface area contributed by atoms with Crippen LogP contribution in [0.2, 0.25) is 0 Å². The lowest BCUT2D eigenvalue weighted by Crippen LogP contribution is -2.17. The quantitative estimate of drug-likeness (QED) is 0.803. The number of hydrogen-bond donors (Lipinski definition) is 0. The van der Waals surface area contributed by atoms with Gasteiger partial charge in [0.15, 0.2) is 0 Å². The first-order chi connectivity index (χ1) is 8.88. The summed E-state index contributed by atoms with van der Waals surface area (Å²) in [5, 5.41) is 0. The van der Waals surface area contributed by atoms with Crippen molar-refractivity contribution in [3.8, 4) is 11.5 Å². The monoisotopic (exact) mass is 238 g/mol. The lowest BCUT2D eigenvalue weighted by molar-refractivity contribution is 0.134. The van der Waals surface area contributed by atoms with Gasteiger partial charge >= 0.3 is 0 Å². The summed E-state index contributed by atoms with van der Waals surface area (Å²) < 4.78 is 11.7. The normalized spacial score (nSPS) is 22.7. The van der Waals surface area contributed by atoms with Gasteiger partial charge in [-0.05, 0) is 48.2 Å². The third-order valence-electron chi connectivity index (χ3n) is 3.75. The van der Waals surface area contributed by atoms with E-state index in [2.05, 4.69) is 24.3 Å². The highest BCUT2D eigenvalue weighted by molar-refractivity contribution is 5.35. The minimum absolute atomic E-state index is 0.206. The molecule has 2 unspecified atom stereocenters. The van der Waals surface area contributed by atoms with Crippen molar-refractivity contribution in [1.82, 2.24) is 0 Å². The van der Waals surface area contributed by atoms with Crippen LogP contribution in [0.15, 0.2) is 48.5 Å². The molecule has 4 aliphatic rings. The molecule has 2 heteroatoms. The summed E-state index contributed by atoms with van der Waals surface area (Å²) in [6.07, 6.45) is 2.41. The van der Waals surface area contributed by atoms with Crippen molar-refractivity contribution in [2.45, 2.75) is 25.0 Å². The highest BCUT2D eigenvalue weighted by Crippen LogP contribution is 2.37. The van der Waals surface area contributed by atoms with Crippen LogP contribution in [0, 0.1) is 0 Å². The fourth-order valence-corrected chi connectivity index (χ4v) is 2.74. The van der Waals surface area contributed by atoms with Crippen LogP contribution in [0.4, 0.5) is 0 Å². The summed E-state index contributed by atoms with van der Waals surface area (Å²) in [7, 11) is 0. The first kappa shape index (κ1) is 10.0. The molecule has 4 heterocycles. The standard InChI is InChI=1S/C16H14O2/c1-5-13-6-2-11(1)15(17-13)9-10-16-12-3-7-14(18-16)8-4-12/h1-8,15-16H,9-10H2. The molecule has 4 aliphatic heterocycles. The lowest BCUT2D eigenvalue weighted by Gasteiger charge is -2.29. The van der Waals surface area contributed by atoms with Gasteiger partial charge in [0.1, 0.15) is 23.7 Å². The van der Waals surface area contributed by atoms with Crippen molar-refractivity contribution in [3.63, 3.8) is 0 Å². The molecule has 0 saturated carbocycles. The predicted molar refractivity (Wildman–Crippen MR) is 68.9 cm³/mol. The third kappa shape index (κ3) is 1.57. The summed E-state index contributed by atoms with van der Waals surface area (Å²) in [5.74, 6) is 1.95. The van der Waals surface area contributed by atoms with Crippen molar-refractivity contribution >= 4 is 0 Å². The van der Waals surface area contributed by atoms with E-state index in [1.54, 1.807) is 0 Å². The molecule has 4 bridgehead atoms. The molecule has 0 spiro atoms. The van der Waals surface area contributed by atoms with Crippen molar-refractivity contribution in [1.29, 1.82) is 0 Å². The molecule has 6 rings (SSSR count). The van der Waals surface area contributed by atoms with Crippen LogP contribution in [0.25, 0.3) is 0 Å². The number of ether oxygens (including phenoxy) is 2. The maximum absolute atomic E-state index is 5.85. The Labute approximate surface area is 106 Å². The maximum Gasteiger partial charge on any atom is 0.124 e. The van der Waals surface area contributed by atoms with E-state index in [1.165, 1.54) is 11.1 Å². The fraction of sp³-hybridized carbons (Fsp3) is 0.250. The molecule has 2 atom stereocenters. The maximum atomic E-state index is 5.85. The second-order valence-electron chi connectivity index (χ2n) is 4.93. The van der Waals surface area contributed by atoms with Crippen LogP contribution in [0.3, 0.4) is 0 Å². The van der Waals surface area contributed by atoms with Crippen LogP contribution in [0.5, 0.6) is 11.5 Å². The van der Waals surface area contributed by atoms with E-state index in [0.29, 0.717) is 0 Å². The first-order valence-electron chi connectivity index (χ1n) is 6.42. The van der Waals surface area contributed by atoms with E-state index in [0.717, 1.165) is 24.3 Å². The smallest absolute Gasteiger partial charge is 0.124 e. The topological polar surface area (TPSA) is 18.5 Å². The highest BCUT2D eigenvalue weighted by Gasteiger charge is 2.24. The second-order valence-corrected chi connectivity index (χ2v) is 4.93. The summed E-state index contributed by atoms with van der Waals surface area (Å²) in [4.78, 5) is 0. The van der Waals surface area contributed by atoms with Crippen molar-refractivity contribution < 1.29 is 9.47 Å². The van der Waals surface area contributed by atoms with Crippen molar-refractivity contribution in [3.05, 3.63) is 59.7 Å². The highest BCUT2D eigenvalue weighted by atomic mass is 16.5. The summed E-state index contributed by atoms with van der Waals surface area (Å²) >= 11 is 0. The van der Waals surface area contributed by atoms with E-state index < -0.39 is 0 Å². The Morgan fingerprint density at radius 1 is 0.611 bits per heavy atom. The van der Waals surface area contributed by atoms with Gasteiger partial charge in [0, 0.05) is 0 Å². The molecule has 0 saturated heterocycles. The zero-order valence-corrected chi connectivity index (χ0v) is 10.0. The summed E-state index contributed by atoms with van der Waals surface area (Å²) in [6.45, 7) is 0. The van der Waals surface area contributed by atoms with Crippen LogP contribution in [-0.4, -0.2) is 0 Å². The minimum Gasteiger partial charge on any atom is -0.486 e.